The third-order valence-electron chi connectivity index (χ3n) is 2.87. The fourth-order valence-electron chi connectivity index (χ4n) is 2.04. The van der Waals surface area contributed by atoms with E-state index >= 15 is 0 Å². The third-order valence-corrected chi connectivity index (χ3v) is 2.87. The lowest BCUT2D eigenvalue weighted by atomic mass is 10.1. The first-order valence-corrected chi connectivity index (χ1v) is 5.26. The molecule has 3 rings (SSSR count). The summed E-state index contributed by atoms with van der Waals surface area (Å²) < 4.78 is 0. The Balaban J connectivity index is 2.39. The first kappa shape index (κ1) is 9.84. The second-order valence-corrected chi connectivity index (χ2v) is 4.06. The topological polar surface area (TPSA) is 66.0 Å². The SMILES string of the molecule is Cc1cc2c(cn1)[nH]c1cc(C(=O)O)ccc12. The van der Waals surface area contributed by atoms with Crippen molar-refractivity contribution in [3.8, 4) is 0 Å². The van der Waals surface area contributed by atoms with Crippen LogP contribution in [0.5, 0.6) is 0 Å². The molecule has 17 heavy (non-hydrogen) atoms. The van der Waals surface area contributed by atoms with E-state index < -0.39 is 5.97 Å². The Labute approximate surface area is 96.9 Å². The molecule has 0 saturated carbocycles. The third kappa shape index (κ3) is 1.45. The zero-order chi connectivity index (χ0) is 12.0. The van der Waals surface area contributed by atoms with Crippen LogP contribution in [0.15, 0.2) is 30.5 Å². The summed E-state index contributed by atoms with van der Waals surface area (Å²) in [6.07, 6.45) is 1.77. The molecular weight excluding hydrogens is 216 g/mol. The van der Waals surface area contributed by atoms with Crippen molar-refractivity contribution in [2.75, 3.05) is 0 Å². The number of aryl methyl sites for hydroxylation is 1. The highest BCUT2D eigenvalue weighted by Gasteiger charge is 2.08. The number of hydrogen-bond acceptors (Lipinski definition) is 2. The van der Waals surface area contributed by atoms with Crippen LogP contribution in [0, 0.1) is 6.92 Å². The Morgan fingerprint density at radius 2 is 2.06 bits per heavy atom. The Kier molecular flexibility index (Phi) is 1.92. The average molecular weight is 226 g/mol. The highest BCUT2D eigenvalue weighted by atomic mass is 16.4. The maximum Gasteiger partial charge on any atom is 0.335 e. The number of carboxylic acids is 1. The quantitative estimate of drug-likeness (QED) is 0.670. The molecule has 3 aromatic rings. The van der Waals surface area contributed by atoms with Crippen molar-refractivity contribution in [3.05, 3.63) is 41.7 Å². The van der Waals surface area contributed by atoms with Gasteiger partial charge in [0, 0.05) is 22.0 Å². The highest BCUT2D eigenvalue weighted by molar-refractivity contribution is 6.08. The number of fused-ring (bicyclic) bond motifs is 3. The fourth-order valence-corrected chi connectivity index (χ4v) is 2.04. The van der Waals surface area contributed by atoms with E-state index in [1.54, 1.807) is 18.3 Å². The number of carbonyl (C=O) groups is 1. The molecule has 2 aromatic heterocycles. The number of aromatic carboxylic acids is 1. The van der Waals surface area contributed by atoms with Crippen LogP contribution in [0.2, 0.25) is 0 Å². The molecule has 0 aliphatic rings. The number of nitrogens with one attached hydrogen (secondary N) is 1. The maximum atomic E-state index is 10.9. The number of nitrogens with zero attached hydrogens (tertiary/aromatic N) is 1. The average Bonchev–Trinajstić information content (AvgIpc) is 2.66. The van der Waals surface area contributed by atoms with Crippen LogP contribution >= 0.6 is 0 Å². The first-order valence-electron chi connectivity index (χ1n) is 5.26. The van der Waals surface area contributed by atoms with Gasteiger partial charge >= 0.3 is 5.97 Å². The van der Waals surface area contributed by atoms with Gasteiger partial charge in [-0.1, -0.05) is 6.07 Å². The molecule has 0 unspecified atom stereocenters. The molecular formula is C13H10N2O2. The minimum atomic E-state index is -0.917. The number of carboxylic acid groups (broad SMARTS) is 1. The van der Waals surface area contributed by atoms with Crippen LogP contribution in [0.1, 0.15) is 16.1 Å². The smallest absolute Gasteiger partial charge is 0.335 e. The van der Waals surface area contributed by atoms with Crippen molar-refractivity contribution in [3.63, 3.8) is 0 Å². The van der Waals surface area contributed by atoms with E-state index in [2.05, 4.69) is 9.97 Å². The summed E-state index contributed by atoms with van der Waals surface area (Å²) in [7, 11) is 0. The van der Waals surface area contributed by atoms with E-state index in [9.17, 15) is 4.79 Å². The number of rotatable bonds is 1. The Hall–Kier alpha value is -2.36. The predicted molar refractivity (Wildman–Crippen MR) is 65.3 cm³/mol. The molecule has 2 N–H and O–H groups in total. The molecule has 0 aliphatic heterocycles. The highest BCUT2D eigenvalue weighted by Crippen LogP contribution is 2.26. The van der Waals surface area contributed by atoms with Crippen molar-refractivity contribution in [1.82, 2.24) is 9.97 Å². The molecule has 4 heteroatoms. The van der Waals surface area contributed by atoms with Gasteiger partial charge in [-0.05, 0) is 25.1 Å². The first-order chi connectivity index (χ1) is 8.15. The summed E-state index contributed by atoms with van der Waals surface area (Å²) >= 11 is 0. The van der Waals surface area contributed by atoms with Crippen molar-refractivity contribution >= 4 is 27.8 Å². The molecule has 1 aromatic carbocycles. The number of benzene rings is 1. The zero-order valence-electron chi connectivity index (χ0n) is 9.19. The lowest BCUT2D eigenvalue weighted by molar-refractivity contribution is 0.0697. The minimum Gasteiger partial charge on any atom is -0.478 e. The Bertz CT molecular complexity index is 744. The maximum absolute atomic E-state index is 10.9. The lowest BCUT2D eigenvalue weighted by Gasteiger charge is -1.95. The Morgan fingerprint density at radius 1 is 1.24 bits per heavy atom. The van der Waals surface area contributed by atoms with Crippen LogP contribution in [-0.2, 0) is 0 Å². The van der Waals surface area contributed by atoms with Gasteiger partial charge in [0.15, 0.2) is 0 Å². The van der Waals surface area contributed by atoms with Gasteiger partial charge in [-0.25, -0.2) is 4.79 Å². The van der Waals surface area contributed by atoms with Crippen molar-refractivity contribution in [1.29, 1.82) is 0 Å². The molecule has 0 saturated heterocycles. The number of hydrogen-bond donors (Lipinski definition) is 2. The van der Waals surface area contributed by atoms with Crippen molar-refractivity contribution in [2.24, 2.45) is 0 Å². The number of H-pyrrole nitrogens is 1. The standard InChI is InChI=1S/C13H10N2O2/c1-7-4-10-9-3-2-8(13(16)17)5-11(9)15-12(10)6-14-7/h2-6,15H,1H3,(H,16,17). The molecule has 0 aliphatic carbocycles. The van der Waals surface area contributed by atoms with Crippen LogP contribution in [0.4, 0.5) is 0 Å². The normalized spacial score (nSPS) is 11.1. The summed E-state index contributed by atoms with van der Waals surface area (Å²) in [6, 6.07) is 7.09. The monoisotopic (exact) mass is 226 g/mol. The van der Waals surface area contributed by atoms with E-state index in [1.165, 1.54) is 0 Å². The molecule has 4 nitrogen and oxygen atoms in total. The van der Waals surface area contributed by atoms with Crippen LogP contribution in [0.3, 0.4) is 0 Å². The molecule has 2 heterocycles. The van der Waals surface area contributed by atoms with Gasteiger partial charge in [-0.3, -0.25) is 4.98 Å². The van der Waals surface area contributed by atoms with Crippen LogP contribution in [-0.4, -0.2) is 21.0 Å². The largest absolute Gasteiger partial charge is 0.478 e. The second-order valence-electron chi connectivity index (χ2n) is 4.06. The van der Waals surface area contributed by atoms with E-state index in [-0.39, 0.29) is 5.56 Å². The number of pyridine rings is 1. The zero-order valence-corrected chi connectivity index (χ0v) is 9.19. The molecule has 84 valence electrons. The van der Waals surface area contributed by atoms with E-state index in [0.717, 1.165) is 27.5 Å². The van der Waals surface area contributed by atoms with Gasteiger partial charge in [0.25, 0.3) is 0 Å². The van der Waals surface area contributed by atoms with Crippen molar-refractivity contribution < 1.29 is 9.90 Å². The summed E-state index contributed by atoms with van der Waals surface area (Å²) in [5.74, 6) is -0.917. The van der Waals surface area contributed by atoms with Crippen molar-refractivity contribution in [2.45, 2.75) is 6.92 Å². The van der Waals surface area contributed by atoms with E-state index in [1.807, 2.05) is 19.1 Å². The summed E-state index contributed by atoms with van der Waals surface area (Å²) in [6.45, 7) is 1.93. The molecule has 0 bridgehead atoms. The van der Waals surface area contributed by atoms with Gasteiger partial charge in [-0.2, -0.15) is 0 Å². The van der Waals surface area contributed by atoms with Crippen LogP contribution in [0.25, 0.3) is 21.8 Å². The molecule has 0 atom stereocenters. The number of aromatic amines is 1. The summed E-state index contributed by atoms with van der Waals surface area (Å²) in [4.78, 5) is 18.3. The predicted octanol–water partition coefficient (Wildman–Crippen LogP) is 2.72. The van der Waals surface area contributed by atoms with Gasteiger partial charge in [0.1, 0.15) is 0 Å². The van der Waals surface area contributed by atoms with E-state index in [0.29, 0.717) is 0 Å². The number of aromatic nitrogens is 2. The lowest BCUT2D eigenvalue weighted by Crippen LogP contribution is -1.94. The van der Waals surface area contributed by atoms with Gasteiger partial charge in [-0.15, -0.1) is 0 Å². The second kappa shape index (κ2) is 3.31. The molecule has 0 spiro atoms. The summed E-state index contributed by atoms with van der Waals surface area (Å²) in [5, 5.41) is 11.0. The Morgan fingerprint density at radius 3 is 2.82 bits per heavy atom. The van der Waals surface area contributed by atoms with Gasteiger partial charge in [0.05, 0.1) is 17.3 Å². The molecule has 0 radical (unpaired) electrons. The van der Waals surface area contributed by atoms with Crippen LogP contribution < -0.4 is 0 Å². The summed E-state index contributed by atoms with van der Waals surface area (Å²) in [5.41, 5.74) is 2.98. The van der Waals surface area contributed by atoms with Gasteiger partial charge < -0.3 is 10.1 Å². The minimum absolute atomic E-state index is 0.286. The van der Waals surface area contributed by atoms with Gasteiger partial charge in [0.2, 0.25) is 0 Å². The molecule has 0 fully saturated rings. The molecule has 0 amide bonds. The fraction of sp³-hybridized carbons (Fsp3) is 0.0769. The van der Waals surface area contributed by atoms with E-state index in [4.69, 9.17) is 5.11 Å².